The zero-order valence-corrected chi connectivity index (χ0v) is 16.1. The molecule has 1 unspecified atom stereocenters. The van der Waals surface area contributed by atoms with Crippen LogP contribution in [0.4, 0.5) is 0 Å². The van der Waals surface area contributed by atoms with Crippen LogP contribution in [-0.2, 0) is 4.43 Å². The highest BCUT2D eigenvalue weighted by Crippen LogP contribution is 2.18. The van der Waals surface area contributed by atoms with E-state index in [1.165, 1.54) is 29.6 Å². The van der Waals surface area contributed by atoms with E-state index >= 15 is 0 Å². The molecule has 0 N–H and O–H groups in total. The molecule has 0 spiro atoms. The van der Waals surface area contributed by atoms with Crippen LogP contribution in [0.15, 0.2) is 18.2 Å². The molecule has 19 heavy (non-hydrogen) atoms. The van der Waals surface area contributed by atoms with Crippen molar-refractivity contribution in [2.45, 2.75) is 25.8 Å². The maximum Gasteiger partial charge on any atom is 0.208 e. The normalized spacial score (nSPS) is 18.9. The Balaban J connectivity index is 0.000000399. The maximum atomic E-state index is 5.94. The van der Waals surface area contributed by atoms with E-state index in [4.69, 9.17) is 8.85 Å². The molecule has 0 aliphatic carbocycles. The summed E-state index contributed by atoms with van der Waals surface area (Å²) < 4.78 is 11.4. The summed E-state index contributed by atoms with van der Waals surface area (Å²) in [7, 11) is 5.63. The summed E-state index contributed by atoms with van der Waals surface area (Å²) in [5.41, 5.74) is 1.31. The molecule has 1 fully saturated rings. The fraction of sp³-hybridized carbons (Fsp3) is 0.571. The van der Waals surface area contributed by atoms with Crippen LogP contribution < -0.4 is 9.61 Å². The van der Waals surface area contributed by atoms with Gasteiger partial charge in [0.05, 0.1) is 0 Å². The van der Waals surface area contributed by atoms with Crippen LogP contribution in [0.2, 0.25) is 6.04 Å². The highest BCUT2D eigenvalue weighted by Gasteiger charge is 2.21. The van der Waals surface area contributed by atoms with E-state index in [0.29, 0.717) is 0 Å². The summed E-state index contributed by atoms with van der Waals surface area (Å²) in [6, 6.07) is 7.66. The van der Waals surface area contributed by atoms with Crippen LogP contribution in [0.5, 0.6) is 5.75 Å². The van der Waals surface area contributed by atoms with Gasteiger partial charge in [-0.25, -0.2) is 0 Å². The molecule has 1 aliphatic heterocycles. The number of rotatable bonds is 2. The van der Waals surface area contributed by atoms with Gasteiger partial charge < -0.3 is 13.8 Å². The Labute approximate surface area is 122 Å². The smallest absolute Gasteiger partial charge is 0.208 e. The van der Waals surface area contributed by atoms with E-state index in [-0.39, 0.29) is 0 Å². The lowest BCUT2D eigenvalue weighted by molar-refractivity contribution is 0.294. The standard InChI is InChI=1S/C11H18O2Si2.C3H9N/c1-9-10(13-14)5-4-6-11(9)15-8-3-2-7-12-15;1-4(2)3/h4-6,15H,2-3,7-8H2,1,14H3;1-3H3. The van der Waals surface area contributed by atoms with Crippen LogP contribution in [0.3, 0.4) is 0 Å². The minimum atomic E-state index is -1.13. The van der Waals surface area contributed by atoms with Gasteiger partial charge in [0.15, 0.2) is 0 Å². The van der Waals surface area contributed by atoms with Crippen molar-refractivity contribution in [2.24, 2.45) is 0 Å². The van der Waals surface area contributed by atoms with Gasteiger partial charge in [-0.05, 0) is 57.3 Å². The molecule has 1 aromatic rings. The summed E-state index contributed by atoms with van der Waals surface area (Å²) in [6.07, 6.45) is 2.57. The molecule has 1 saturated heterocycles. The Kier molecular flexibility index (Phi) is 7.37. The third kappa shape index (κ3) is 5.48. The first-order valence-electron chi connectivity index (χ1n) is 6.92. The van der Waals surface area contributed by atoms with E-state index in [1.54, 1.807) is 0 Å². The first kappa shape index (κ1) is 16.4. The molecule has 0 bridgehead atoms. The van der Waals surface area contributed by atoms with Crippen molar-refractivity contribution in [3.8, 4) is 5.75 Å². The van der Waals surface area contributed by atoms with Crippen LogP contribution in [-0.4, -0.2) is 52.2 Å². The zero-order chi connectivity index (χ0) is 14.3. The Morgan fingerprint density at radius 2 is 1.95 bits per heavy atom. The van der Waals surface area contributed by atoms with Crippen molar-refractivity contribution in [1.82, 2.24) is 4.90 Å². The quantitative estimate of drug-likeness (QED) is 0.745. The van der Waals surface area contributed by atoms with E-state index in [2.05, 4.69) is 25.1 Å². The van der Waals surface area contributed by atoms with Crippen LogP contribution in [0, 0.1) is 6.92 Å². The second kappa shape index (κ2) is 8.53. The lowest BCUT2D eigenvalue weighted by atomic mass is 10.2. The van der Waals surface area contributed by atoms with Crippen molar-refractivity contribution in [2.75, 3.05) is 27.7 Å². The van der Waals surface area contributed by atoms with Crippen LogP contribution in [0.25, 0.3) is 0 Å². The molecule has 0 saturated carbocycles. The first-order chi connectivity index (χ1) is 9.06. The number of hydrogen-bond donors (Lipinski definition) is 0. The summed E-state index contributed by atoms with van der Waals surface area (Å²) >= 11 is 0. The molecule has 108 valence electrons. The average Bonchev–Trinajstić information content (AvgIpc) is 2.39. The lowest BCUT2D eigenvalue weighted by Gasteiger charge is -2.23. The molecular weight excluding hydrogens is 270 g/mol. The summed E-state index contributed by atoms with van der Waals surface area (Å²) in [5, 5.41) is 1.45. The SMILES string of the molecule is CN(C)C.Cc1c(O[SiH3])cccc1[SiH]1CCCCO1. The zero-order valence-electron chi connectivity index (χ0n) is 12.9. The monoisotopic (exact) mass is 297 g/mol. The fourth-order valence-corrected chi connectivity index (χ4v) is 5.35. The molecule has 1 atom stereocenters. The van der Waals surface area contributed by atoms with Crippen molar-refractivity contribution >= 4 is 24.7 Å². The predicted octanol–water partition coefficient (Wildman–Crippen LogP) is 0.573. The first-order valence-corrected chi connectivity index (χ1v) is 9.60. The third-order valence-corrected chi connectivity index (χ3v) is 6.40. The van der Waals surface area contributed by atoms with Crippen molar-refractivity contribution in [3.05, 3.63) is 23.8 Å². The predicted molar refractivity (Wildman–Crippen MR) is 88.1 cm³/mol. The van der Waals surface area contributed by atoms with Gasteiger partial charge in [0, 0.05) is 6.61 Å². The highest BCUT2D eigenvalue weighted by molar-refractivity contribution is 6.68. The second-order valence-electron chi connectivity index (χ2n) is 5.37. The molecule has 1 aromatic carbocycles. The Hall–Kier alpha value is -0.626. The Morgan fingerprint density at radius 1 is 1.26 bits per heavy atom. The topological polar surface area (TPSA) is 21.7 Å². The van der Waals surface area contributed by atoms with Gasteiger partial charge in [-0.2, -0.15) is 0 Å². The Bertz CT molecular complexity index is 377. The molecule has 3 nitrogen and oxygen atoms in total. The van der Waals surface area contributed by atoms with Gasteiger partial charge in [-0.1, -0.05) is 18.6 Å². The number of benzene rings is 1. The van der Waals surface area contributed by atoms with Crippen molar-refractivity contribution in [3.63, 3.8) is 0 Å². The molecule has 0 amide bonds. The average molecular weight is 298 g/mol. The van der Waals surface area contributed by atoms with Crippen LogP contribution >= 0.6 is 0 Å². The molecule has 1 heterocycles. The van der Waals surface area contributed by atoms with Gasteiger partial charge in [0.25, 0.3) is 0 Å². The fourth-order valence-electron chi connectivity index (χ4n) is 2.19. The van der Waals surface area contributed by atoms with Gasteiger partial charge in [0.2, 0.25) is 19.5 Å². The summed E-state index contributed by atoms with van der Waals surface area (Å²) in [6.45, 7) is 3.12. The molecule has 0 radical (unpaired) electrons. The number of hydrogen-bond acceptors (Lipinski definition) is 3. The van der Waals surface area contributed by atoms with E-state index in [1.807, 2.05) is 26.0 Å². The summed E-state index contributed by atoms with van der Waals surface area (Å²) in [5.74, 6) is 1.06. The molecule has 0 aromatic heterocycles. The van der Waals surface area contributed by atoms with Gasteiger partial charge in [-0.15, -0.1) is 0 Å². The number of nitrogens with zero attached hydrogens (tertiary/aromatic N) is 1. The molecular formula is C14H27NO2Si2. The maximum absolute atomic E-state index is 5.94. The third-order valence-electron chi connectivity index (χ3n) is 3.07. The lowest BCUT2D eigenvalue weighted by Crippen LogP contribution is -2.38. The van der Waals surface area contributed by atoms with Gasteiger partial charge in [-0.3, -0.25) is 0 Å². The molecule has 2 rings (SSSR count). The van der Waals surface area contributed by atoms with Crippen molar-refractivity contribution < 1.29 is 8.85 Å². The van der Waals surface area contributed by atoms with Crippen LogP contribution in [0.1, 0.15) is 18.4 Å². The van der Waals surface area contributed by atoms with E-state index < -0.39 is 9.04 Å². The largest absolute Gasteiger partial charge is 0.553 e. The molecule has 1 aliphatic rings. The van der Waals surface area contributed by atoms with Crippen molar-refractivity contribution in [1.29, 1.82) is 0 Å². The second-order valence-corrected chi connectivity index (χ2v) is 8.29. The van der Waals surface area contributed by atoms with E-state index in [9.17, 15) is 0 Å². The minimum Gasteiger partial charge on any atom is -0.553 e. The summed E-state index contributed by atoms with van der Waals surface area (Å²) in [4.78, 5) is 2.00. The highest BCUT2D eigenvalue weighted by atomic mass is 28.3. The Morgan fingerprint density at radius 3 is 2.47 bits per heavy atom. The molecule has 5 heteroatoms. The minimum absolute atomic E-state index is 0.762. The van der Waals surface area contributed by atoms with Gasteiger partial charge >= 0.3 is 0 Å². The van der Waals surface area contributed by atoms with E-state index in [0.717, 1.165) is 22.8 Å². The van der Waals surface area contributed by atoms with Gasteiger partial charge in [0.1, 0.15) is 5.75 Å².